The topological polar surface area (TPSA) is 45.2 Å². The average Bonchev–Trinajstić information content (AvgIpc) is 3.22. The molecule has 1 aliphatic rings. The van der Waals surface area contributed by atoms with Crippen LogP contribution in [0.4, 0.5) is 17.1 Å². The summed E-state index contributed by atoms with van der Waals surface area (Å²) in [6, 6.07) is 33.5. The average molecular weight is 482 g/mol. The third kappa shape index (κ3) is 4.27. The molecule has 4 aromatic carbocycles. The number of fused-ring (bicyclic) bond motifs is 2. The SMILES string of the molecule is Cc1ccc(N(c2ccc(C)cc2)c2ccc3nc(/C=C4/NC(=O)c5c(C)cccc54)ccc3c2)cc1. The molecular formula is C33H27N3O. The number of benzene rings is 4. The quantitative estimate of drug-likeness (QED) is 0.284. The molecule has 1 aliphatic heterocycles. The summed E-state index contributed by atoms with van der Waals surface area (Å²) in [5, 5.41) is 4.05. The third-order valence-corrected chi connectivity index (χ3v) is 6.87. The predicted molar refractivity (Wildman–Crippen MR) is 152 cm³/mol. The lowest BCUT2D eigenvalue weighted by molar-refractivity contribution is 0.0980. The minimum absolute atomic E-state index is 0.0583. The van der Waals surface area contributed by atoms with Crippen LogP contribution in [0.25, 0.3) is 22.7 Å². The maximum Gasteiger partial charge on any atom is 0.256 e. The first-order chi connectivity index (χ1) is 18.0. The molecule has 0 unspecified atom stereocenters. The van der Waals surface area contributed by atoms with Crippen LogP contribution in [-0.4, -0.2) is 10.9 Å². The van der Waals surface area contributed by atoms with Gasteiger partial charge < -0.3 is 10.2 Å². The Morgan fingerprint density at radius 3 is 2.05 bits per heavy atom. The summed E-state index contributed by atoms with van der Waals surface area (Å²) in [7, 11) is 0. The highest BCUT2D eigenvalue weighted by atomic mass is 16.1. The van der Waals surface area contributed by atoms with Gasteiger partial charge in [-0.2, -0.15) is 0 Å². The van der Waals surface area contributed by atoms with E-state index in [9.17, 15) is 4.79 Å². The Hall–Kier alpha value is -4.70. The predicted octanol–water partition coefficient (Wildman–Crippen LogP) is 7.87. The number of hydrogen-bond acceptors (Lipinski definition) is 3. The van der Waals surface area contributed by atoms with E-state index in [0.29, 0.717) is 0 Å². The van der Waals surface area contributed by atoms with Gasteiger partial charge in [-0.3, -0.25) is 4.79 Å². The summed E-state index contributed by atoms with van der Waals surface area (Å²) in [4.78, 5) is 19.6. The number of nitrogens with one attached hydrogen (secondary N) is 1. The van der Waals surface area contributed by atoms with Crippen LogP contribution in [0.15, 0.2) is 97.1 Å². The fourth-order valence-electron chi connectivity index (χ4n) is 4.89. The van der Waals surface area contributed by atoms with Gasteiger partial charge in [-0.15, -0.1) is 0 Å². The van der Waals surface area contributed by atoms with E-state index in [1.807, 2.05) is 37.3 Å². The molecule has 1 N–H and O–H groups in total. The molecule has 5 aromatic rings. The molecule has 0 atom stereocenters. The van der Waals surface area contributed by atoms with Crippen LogP contribution in [0, 0.1) is 20.8 Å². The summed E-state index contributed by atoms with van der Waals surface area (Å²) in [5.41, 5.74) is 10.9. The standard InChI is InChI=1S/C33H27N3O/c1-21-7-13-26(14-8-21)36(27-15-9-22(2)10-16-27)28-17-18-30-24(19-28)11-12-25(34-30)20-31-29-6-4-5-23(3)32(29)33(37)35-31/h4-20H,1-3H3,(H,35,37)/b31-20+. The van der Waals surface area contributed by atoms with E-state index in [1.54, 1.807) is 0 Å². The molecule has 0 radical (unpaired) electrons. The highest BCUT2D eigenvalue weighted by molar-refractivity contribution is 6.12. The molecular weight excluding hydrogens is 454 g/mol. The van der Waals surface area contributed by atoms with Gasteiger partial charge in [0.05, 0.1) is 22.5 Å². The van der Waals surface area contributed by atoms with E-state index in [4.69, 9.17) is 4.98 Å². The first-order valence-electron chi connectivity index (χ1n) is 12.4. The molecule has 4 nitrogen and oxygen atoms in total. The minimum Gasteiger partial charge on any atom is -0.321 e. The van der Waals surface area contributed by atoms with Gasteiger partial charge in [0.15, 0.2) is 0 Å². The van der Waals surface area contributed by atoms with Crippen molar-refractivity contribution in [3.05, 3.63) is 131 Å². The van der Waals surface area contributed by atoms with Crippen molar-refractivity contribution in [1.29, 1.82) is 0 Å². The Balaban J connectivity index is 1.39. The molecule has 1 amide bonds. The molecule has 0 fully saturated rings. The van der Waals surface area contributed by atoms with Crippen LogP contribution in [0.3, 0.4) is 0 Å². The largest absolute Gasteiger partial charge is 0.321 e. The number of amides is 1. The van der Waals surface area contributed by atoms with Crippen molar-refractivity contribution >= 4 is 45.6 Å². The number of nitrogens with zero attached hydrogens (tertiary/aromatic N) is 2. The highest BCUT2D eigenvalue weighted by Gasteiger charge is 2.25. The molecule has 180 valence electrons. The van der Waals surface area contributed by atoms with Gasteiger partial charge in [-0.05, 0) is 80.9 Å². The van der Waals surface area contributed by atoms with Crippen LogP contribution in [-0.2, 0) is 0 Å². The Kier molecular flexibility index (Phi) is 5.57. The van der Waals surface area contributed by atoms with Crippen molar-refractivity contribution in [1.82, 2.24) is 10.3 Å². The van der Waals surface area contributed by atoms with Crippen molar-refractivity contribution in [2.45, 2.75) is 20.8 Å². The van der Waals surface area contributed by atoms with E-state index < -0.39 is 0 Å². The minimum atomic E-state index is -0.0583. The maximum atomic E-state index is 12.5. The van der Waals surface area contributed by atoms with Gasteiger partial charge in [0.1, 0.15) is 0 Å². The van der Waals surface area contributed by atoms with Crippen LogP contribution < -0.4 is 10.2 Å². The van der Waals surface area contributed by atoms with Crippen molar-refractivity contribution in [2.75, 3.05) is 4.90 Å². The zero-order valence-electron chi connectivity index (χ0n) is 21.1. The van der Waals surface area contributed by atoms with Gasteiger partial charge in [-0.25, -0.2) is 4.98 Å². The van der Waals surface area contributed by atoms with Crippen LogP contribution >= 0.6 is 0 Å². The van der Waals surface area contributed by atoms with Crippen molar-refractivity contribution < 1.29 is 4.79 Å². The number of hydrogen-bond donors (Lipinski definition) is 1. The molecule has 2 heterocycles. The molecule has 0 bridgehead atoms. The lowest BCUT2D eigenvalue weighted by Gasteiger charge is -2.26. The second-order valence-electron chi connectivity index (χ2n) is 9.63. The third-order valence-electron chi connectivity index (χ3n) is 6.87. The molecule has 0 aliphatic carbocycles. The van der Waals surface area contributed by atoms with Crippen molar-refractivity contribution in [3.63, 3.8) is 0 Å². The zero-order chi connectivity index (χ0) is 25.5. The van der Waals surface area contributed by atoms with Crippen molar-refractivity contribution in [2.24, 2.45) is 0 Å². The Morgan fingerprint density at radius 2 is 1.38 bits per heavy atom. The molecule has 4 heteroatoms. The molecule has 1 aromatic heterocycles. The fourth-order valence-corrected chi connectivity index (χ4v) is 4.89. The Morgan fingerprint density at radius 1 is 0.730 bits per heavy atom. The van der Waals surface area contributed by atoms with Crippen LogP contribution in [0.5, 0.6) is 0 Å². The normalized spacial score (nSPS) is 13.6. The van der Waals surface area contributed by atoms with Crippen LogP contribution in [0.1, 0.15) is 38.3 Å². The van der Waals surface area contributed by atoms with Gasteiger partial charge >= 0.3 is 0 Å². The molecule has 0 saturated heterocycles. The van der Waals surface area contributed by atoms with Gasteiger partial charge in [0.2, 0.25) is 0 Å². The number of carbonyl (C=O) groups is 1. The number of pyridine rings is 1. The second-order valence-corrected chi connectivity index (χ2v) is 9.63. The van der Waals surface area contributed by atoms with Gasteiger partial charge in [-0.1, -0.05) is 59.7 Å². The summed E-state index contributed by atoms with van der Waals surface area (Å²) in [6.45, 7) is 6.17. The van der Waals surface area contributed by atoms with E-state index in [0.717, 1.165) is 56.0 Å². The Labute approximate surface area is 216 Å². The smallest absolute Gasteiger partial charge is 0.256 e. The van der Waals surface area contributed by atoms with Gasteiger partial charge in [0.25, 0.3) is 5.91 Å². The van der Waals surface area contributed by atoms with E-state index >= 15 is 0 Å². The zero-order valence-corrected chi connectivity index (χ0v) is 21.1. The Bertz CT molecular complexity index is 1640. The van der Waals surface area contributed by atoms with E-state index in [1.165, 1.54) is 11.1 Å². The number of anilines is 3. The summed E-state index contributed by atoms with van der Waals surface area (Å²) in [5.74, 6) is -0.0583. The molecule has 6 rings (SSSR count). The monoisotopic (exact) mass is 481 g/mol. The highest BCUT2D eigenvalue weighted by Crippen LogP contribution is 2.36. The van der Waals surface area contributed by atoms with Crippen LogP contribution in [0.2, 0.25) is 0 Å². The van der Waals surface area contributed by atoms with Crippen molar-refractivity contribution in [3.8, 4) is 0 Å². The summed E-state index contributed by atoms with van der Waals surface area (Å²) < 4.78 is 0. The molecule has 37 heavy (non-hydrogen) atoms. The molecule has 0 spiro atoms. The second kappa shape index (κ2) is 9.07. The number of aryl methyl sites for hydroxylation is 3. The number of rotatable bonds is 4. The summed E-state index contributed by atoms with van der Waals surface area (Å²) >= 11 is 0. The fraction of sp³-hybridized carbons (Fsp3) is 0.0909. The molecule has 0 saturated carbocycles. The number of carbonyl (C=O) groups excluding carboxylic acids is 1. The summed E-state index contributed by atoms with van der Waals surface area (Å²) in [6.07, 6.45) is 1.95. The lowest BCUT2D eigenvalue weighted by atomic mass is 10.0. The first-order valence-corrected chi connectivity index (χ1v) is 12.4. The lowest BCUT2D eigenvalue weighted by Crippen LogP contribution is -2.12. The van der Waals surface area contributed by atoms with E-state index in [2.05, 4.69) is 96.9 Å². The number of aromatic nitrogens is 1. The maximum absolute atomic E-state index is 12.5. The van der Waals surface area contributed by atoms with E-state index in [-0.39, 0.29) is 5.91 Å². The first kappa shape index (κ1) is 22.7. The van der Waals surface area contributed by atoms with Gasteiger partial charge in [0, 0.05) is 28.0 Å².